The second kappa shape index (κ2) is 3.97. The average Bonchev–Trinajstić information content (AvgIpc) is 1.35. The molecule has 4 heteroatoms. The van der Waals surface area contributed by atoms with E-state index in [1.165, 1.54) is 10.8 Å². The fourth-order valence-corrected chi connectivity index (χ4v) is 1.86. The first-order valence-corrected chi connectivity index (χ1v) is 5.22. The summed E-state index contributed by atoms with van der Waals surface area (Å²) in [5.41, 5.74) is 0. The van der Waals surface area contributed by atoms with Crippen LogP contribution in [0.2, 0.25) is 0 Å². The van der Waals surface area contributed by atoms with E-state index in [0.29, 0.717) is 0 Å². The van der Waals surface area contributed by atoms with Crippen LogP contribution in [-0.2, 0) is 8.81 Å². The van der Waals surface area contributed by atoms with Crippen LogP contribution in [0.15, 0.2) is 0 Å². The Hall–Kier alpha value is 0.800. The molecule has 0 atom stereocenters. The molecule has 0 fully saturated rings. The Morgan fingerprint density at radius 3 is 2.50 bits per heavy atom. The molecule has 0 aliphatic heterocycles. The Bertz CT molecular complexity index is 123. The Labute approximate surface area is 44.8 Å². The van der Waals surface area contributed by atoms with Gasteiger partial charge in [0.1, 0.15) is 0 Å². The van der Waals surface area contributed by atoms with Crippen molar-refractivity contribution in [3.8, 4) is 0 Å². The van der Waals surface area contributed by atoms with Crippen LogP contribution in [0, 0.1) is 0 Å². The molecule has 0 bridgehead atoms. The van der Waals surface area contributed by atoms with Gasteiger partial charge in [0.2, 0.25) is 0 Å². The molecule has 0 aromatic carbocycles. The summed E-state index contributed by atoms with van der Waals surface area (Å²) in [6.45, 7) is 1.94. The maximum atomic E-state index is 9.98. The van der Waals surface area contributed by atoms with Gasteiger partial charge >= 0.3 is 44.3 Å². The number of rotatable bonds is 1. The van der Waals surface area contributed by atoms with Crippen molar-refractivity contribution >= 4 is 27.4 Å². The third-order valence-electron chi connectivity index (χ3n) is 0.219. The Morgan fingerprint density at radius 1 is 2.00 bits per heavy atom. The topological polar surface area (TPSA) is 17.1 Å². The van der Waals surface area contributed by atoms with E-state index in [9.17, 15) is 4.21 Å². The van der Waals surface area contributed by atoms with E-state index in [-0.39, 0.29) is 0 Å². The molecular formula is C2H5OPS2. The summed E-state index contributed by atoms with van der Waals surface area (Å²) < 4.78 is 9.98. The molecule has 0 spiro atoms. The maximum absolute atomic E-state index is 9.98. The Balaban J connectivity index is 3.16. The average molecular weight is 140 g/mol. The normalized spacial score (nSPS) is 8.00. The molecule has 0 heterocycles. The van der Waals surface area contributed by atoms with Crippen LogP contribution in [0.25, 0.3) is 0 Å². The predicted molar refractivity (Wildman–Crippen MR) is 33.2 cm³/mol. The van der Waals surface area contributed by atoms with E-state index < -0.39 is 8.81 Å². The molecule has 0 N–H and O–H groups in total. The molecule has 36 valence electrons. The van der Waals surface area contributed by atoms with Crippen LogP contribution in [0.1, 0.15) is 6.92 Å². The van der Waals surface area contributed by atoms with Gasteiger partial charge in [-0.3, -0.25) is 0 Å². The van der Waals surface area contributed by atoms with Crippen molar-refractivity contribution in [2.75, 3.05) is 5.75 Å². The number of hydrogen-bond donors (Lipinski definition) is 0. The molecule has 0 rings (SSSR count). The zero-order chi connectivity index (χ0) is 4.99. The minimum absolute atomic E-state index is 0.871. The second-order valence-electron chi connectivity index (χ2n) is 0.624. The van der Waals surface area contributed by atoms with Crippen molar-refractivity contribution in [1.29, 1.82) is 0 Å². The molecule has 0 aromatic rings. The zero-order valence-electron chi connectivity index (χ0n) is 3.38. The van der Waals surface area contributed by atoms with E-state index in [0.717, 1.165) is 5.75 Å². The third kappa shape index (κ3) is 4.80. The van der Waals surface area contributed by atoms with Gasteiger partial charge in [0.15, 0.2) is 0 Å². The van der Waals surface area contributed by atoms with E-state index in [1.54, 1.807) is 0 Å². The van der Waals surface area contributed by atoms with Crippen molar-refractivity contribution in [2.45, 2.75) is 6.92 Å². The molecule has 0 radical (unpaired) electrons. The van der Waals surface area contributed by atoms with Gasteiger partial charge in [-0.05, 0) is 0 Å². The van der Waals surface area contributed by atoms with Gasteiger partial charge in [-0.2, -0.15) is 0 Å². The van der Waals surface area contributed by atoms with Gasteiger partial charge in [0.25, 0.3) is 0 Å². The molecule has 0 aliphatic rings. The summed E-state index contributed by atoms with van der Waals surface area (Å²) in [5.74, 6) is 0.871. The molecule has 1 nitrogen and oxygen atoms in total. The molecule has 0 aliphatic carbocycles. The van der Waals surface area contributed by atoms with Crippen molar-refractivity contribution in [3.63, 3.8) is 0 Å². The minimum atomic E-state index is -0.954. The summed E-state index contributed by atoms with van der Waals surface area (Å²) in [6, 6.07) is 0. The van der Waals surface area contributed by atoms with Crippen LogP contribution in [0.3, 0.4) is 0 Å². The third-order valence-corrected chi connectivity index (χ3v) is 2.92. The second-order valence-corrected chi connectivity index (χ2v) is 5.22. The summed E-state index contributed by atoms with van der Waals surface area (Å²) in [7, 11) is 3.98. The van der Waals surface area contributed by atoms with Crippen molar-refractivity contribution in [1.82, 2.24) is 0 Å². The molecule has 0 aromatic heterocycles. The first-order chi connectivity index (χ1) is 2.77. The molecule has 0 saturated heterocycles. The van der Waals surface area contributed by atoms with Gasteiger partial charge < -0.3 is 0 Å². The fraction of sp³-hybridized carbons (Fsp3) is 1.00. The Morgan fingerprint density at radius 2 is 2.50 bits per heavy atom. The van der Waals surface area contributed by atoms with Crippen LogP contribution < -0.4 is 0 Å². The van der Waals surface area contributed by atoms with E-state index >= 15 is 0 Å². The van der Waals surface area contributed by atoms with Crippen molar-refractivity contribution < 1.29 is 4.21 Å². The molecule has 0 saturated carbocycles. The molecular weight excluding hydrogens is 135 g/mol. The number of hydrogen-bond acceptors (Lipinski definition) is 2. The molecule has 0 amide bonds. The van der Waals surface area contributed by atoms with E-state index in [2.05, 4.69) is 7.81 Å². The van der Waals surface area contributed by atoms with Gasteiger partial charge in [0, 0.05) is 0 Å². The monoisotopic (exact) mass is 140 g/mol. The first-order valence-electron chi connectivity index (χ1n) is 1.51. The SMILES string of the molecule is CCSS(=O)#P. The van der Waals surface area contributed by atoms with Gasteiger partial charge in [0.05, 0.1) is 0 Å². The molecule has 0 unspecified atom stereocenters. The Kier molecular flexibility index (Phi) is 4.50. The summed E-state index contributed by atoms with van der Waals surface area (Å²) in [5, 5.41) is 0. The van der Waals surface area contributed by atoms with E-state index in [4.69, 9.17) is 0 Å². The van der Waals surface area contributed by atoms with E-state index in [1.807, 2.05) is 6.92 Å². The zero-order valence-corrected chi connectivity index (χ0v) is 5.91. The van der Waals surface area contributed by atoms with Crippen LogP contribution in [0.5, 0.6) is 0 Å². The summed E-state index contributed by atoms with van der Waals surface area (Å²) in [4.78, 5) is 0. The fourth-order valence-electron chi connectivity index (χ4n) is 0.101. The van der Waals surface area contributed by atoms with Crippen LogP contribution >= 0.6 is 18.6 Å². The predicted octanol–water partition coefficient (Wildman–Crippen LogP) is 1.73. The summed E-state index contributed by atoms with van der Waals surface area (Å²) >= 11 is 0. The first kappa shape index (κ1) is 6.80. The van der Waals surface area contributed by atoms with Gasteiger partial charge in [-0.1, -0.05) is 0 Å². The standard InChI is InChI=1S/C2H5OPS2/c1-2-5-6(3)4/h2H2,1H3. The van der Waals surface area contributed by atoms with Crippen LogP contribution in [-0.4, -0.2) is 9.96 Å². The van der Waals surface area contributed by atoms with Gasteiger partial charge in [-0.15, -0.1) is 0 Å². The van der Waals surface area contributed by atoms with Gasteiger partial charge in [-0.25, -0.2) is 0 Å². The quantitative estimate of drug-likeness (QED) is 0.407. The van der Waals surface area contributed by atoms with Crippen molar-refractivity contribution in [2.24, 2.45) is 0 Å². The van der Waals surface area contributed by atoms with Crippen LogP contribution in [0.4, 0.5) is 0 Å². The summed E-state index contributed by atoms with van der Waals surface area (Å²) in [6.07, 6.45) is 0. The van der Waals surface area contributed by atoms with Crippen molar-refractivity contribution in [3.05, 3.63) is 0 Å². The molecule has 6 heavy (non-hydrogen) atoms.